The smallest absolute Gasteiger partial charge is 0.337 e. The van der Waals surface area contributed by atoms with Gasteiger partial charge in [0.05, 0.1) is 46.2 Å². The van der Waals surface area contributed by atoms with Crippen LogP contribution < -0.4 is 10.6 Å². The Morgan fingerprint density at radius 2 is 1.79 bits per heavy atom. The van der Waals surface area contributed by atoms with Crippen LogP contribution in [0.1, 0.15) is 29.5 Å². The Morgan fingerprint density at radius 1 is 1.08 bits per heavy atom. The minimum Gasteiger partial charge on any atom is -0.463 e. The molecule has 0 radical (unpaired) electrons. The van der Waals surface area contributed by atoms with Gasteiger partial charge in [0.15, 0.2) is 0 Å². The average Bonchev–Trinajstić information content (AvgIpc) is 2.94. The highest BCUT2D eigenvalue weighted by molar-refractivity contribution is 8.03. The number of hydrogen-bond acceptors (Lipinski definition) is 6. The van der Waals surface area contributed by atoms with Crippen LogP contribution in [0.4, 0.5) is 5.69 Å². The highest BCUT2D eigenvalue weighted by Crippen LogP contribution is 2.43. The third-order valence-corrected chi connectivity index (χ3v) is 7.69. The fourth-order valence-electron chi connectivity index (χ4n) is 4.15. The summed E-state index contributed by atoms with van der Waals surface area (Å²) in [5.41, 5.74) is 4.06. The lowest BCUT2D eigenvalue weighted by atomic mass is 9.81. The zero-order valence-electron chi connectivity index (χ0n) is 21.3. The van der Waals surface area contributed by atoms with Crippen molar-refractivity contribution in [2.75, 3.05) is 17.7 Å². The summed E-state index contributed by atoms with van der Waals surface area (Å²) in [6.07, 6.45) is 0. The van der Waals surface area contributed by atoms with Crippen molar-refractivity contribution in [1.82, 2.24) is 5.32 Å². The molecule has 3 aromatic rings. The molecule has 4 rings (SSSR count). The Bertz CT molecular complexity index is 1500. The first kappa shape index (κ1) is 28.3. The number of anilines is 1. The van der Waals surface area contributed by atoms with Gasteiger partial charge in [-0.25, -0.2) is 4.79 Å². The van der Waals surface area contributed by atoms with Crippen molar-refractivity contribution in [3.05, 3.63) is 116 Å². The summed E-state index contributed by atoms with van der Waals surface area (Å²) in [6, 6.07) is 23.9. The lowest BCUT2D eigenvalue weighted by molar-refractivity contribution is -0.138. The number of hydrogen-bond donors (Lipinski definition) is 2. The van der Waals surface area contributed by atoms with Crippen molar-refractivity contribution in [1.29, 1.82) is 5.26 Å². The van der Waals surface area contributed by atoms with Gasteiger partial charge in [0.2, 0.25) is 5.91 Å². The number of thioether (sulfide) groups is 1. The number of dihydropyridines is 1. The van der Waals surface area contributed by atoms with Gasteiger partial charge in [-0.05, 0) is 54.8 Å². The molecule has 1 heterocycles. The molecule has 6 nitrogen and oxygen atoms in total. The van der Waals surface area contributed by atoms with Crippen LogP contribution in [0.2, 0.25) is 10.0 Å². The number of nitriles is 1. The number of benzene rings is 3. The van der Waals surface area contributed by atoms with Gasteiger partial charge in [-0.2, -0.15) is 5.26 Å². The number of ether oxygens (including phenoxy) is 1. The summed E-state index contributed by atoms with van der Waals surface area (Å²) < 4.78 is 5.44. The van der Waals surface area contributed by atoms with E-state index in [1.165, 1.54) is 11.8 Å². The Morgan fingerprint density at radius 3 is 2.44 bits per heavy atom. The van der Waals surface area contributed by atoms with Crippen LogP contribution >= 0.6 is 35.0 Å². The van der Waals surface area contributed by atoms with Gasteiger partial charge < -0.3 is 15.4 Å². The molecule has 1 aliphatic heterocycles. The maximum atomic E-state index is 13.4. The molecular formula is C30H25Cl2N3O3S. The topological polar surface area (TPSA) is 91.2 Å². The molecule has 198 valence electrons. The molecule has 0 fully saturated rings. The fraction of sp³-hybridized carbons (Fsp3) is 0.167. The Labute approximate surface area is 241 Å². The molecule has 0 saturated heterocycles. The first-order valence-corrected chi connectivity index (χ1v) is 13.9. The van der Waals surface area contributed by atoms with Crippen LogP contribution in [0, 0.1) is 18.3 Å². The molecule has 0 bridgehead atoms. The maximum absolute atomic E-state index is 13.4. The van der Waals surface area contributed by atoms with E-state index in [0.717, 1.165) is 11.1 Å². The summed E-state index contributed by atoms with van der Waals surface area (Å²) in [6.45, 7) is 3.79. The van der Waals surface area contributed by atoms with Gasteiger partial charge in [-0.3, -0.25) is 4.79 Å². The van der Waals surface area contributed by atoms with Crippen molar-refractivity contribution >= 4 is 58.2 Å². The number of nitrogens with zero attached hydrogens (tertiary/aromatic N) is 1. The molecule has 0 spiro atoms. The van der Waals surface area contributed by atoms with Gasteiger partial charge in [-0.15, -0.1) is 0 Å². The summed E-state index contributed by atoms with van der Waals surface area (Å²) in [4.78, 5) is 26.2. The normalized spacial score (nSPS) is 14.9. The summed E-state index contributed by atoms with van der Waals surface area (Å²) in [5.74, 6) is -1.52. The van der Waals surface area contributed by atoms with Crippen molar-refractivity contribution < 1.29 is 14.3 Å². The van der Waals surface area contributed by atoms with Crippen LogP contribution in [0.15, 0.2) is 89.0 Å². The highest BCUT2D eigenvalue weighted by atomic mass is 35.5. The second-order valence-corrected chi connectivity index (χ2v) is 10.5. The highest BCUT2D eigenvalue weighted by Gasteiger charge is 2.37. The van der Waals surface area contributed by atoms with Crippen LogP contribution in [0.3, 0.4) is 0 Å². The number of allylic oxidation sites excluding steroid dienone is 1. The van der Waals surface area contributed by atoms with E-state index in [4.69, 9.17) is 27.9 Å². The average molecular weight is 579 g/mol. The molecule has 3 aromatic carbocycles. The lowest BCUT2D eigenvalue weighted by Crippen LogP contribution is -2.29. The van der Waals surface area contributed by atoms with E-state index in [-0.39, 0.29) is 18.3 Å². The molecular weight excluding hydrogens is 553 g/mol. The fourth-order valence-corrected chi connectivity index (χ4v) is 5.30. The minimum absolute atomic E-state index is 0.0170. The predicted octanol–water partition coefficient (Wildman–Crippen LogP) is 7.07. The molecule has 0 aliphatic carbocycles. The maximum Gasteiger partial charge on any atom is 0.337 e. The van der Waals surface area contributed by atoms with E-state index in [9.17, 15) is 14.9 Å². The number of carbonyl (C=O) groups excluding carboxylic acids is 2. The molecule has 1 atom stereocenters. The monoisotopic (exact) mass is 577 g/mol. The molecule has 0 unspecified atom stereocenters. The van der Waals surface area contributed by atoms with E-state index in [2.05, 4.69) is 16.7 Å². The van der Waals surface area contributed by atoms with E-state index in [1.54, 1.807) is 43.3 Å². The van der Waals surface area contributed by atoms with Crippen molar-refractivity contribution in [2.24, 2.45) is 0 Å². The van der Waals surface area contributed by atoms with E-state index in [0.29, 0.717) is 43.2 Å². The zero-order chi connectivity index (χ0) is 27.9. The van der Waals surface area contributed by atoms with Crippen LogP contribution in [0.5, 0.6) is 0 Å². The van der Waals surface area contributed by atoms with Crippen molar-refractivity contribution in [2.45, 2.75) is 19.8 Å². The number of aryl methyl sites for hydroxylation is 1. The molecule has 39 heavy (non-hydrogen) atoms. The van der Waals surface area contributed by atoms with E-state index >= 15 is 0 Å². The van der Waals surface area contributed by atoms with Crippen molar-refractivity contribution in [3.63, 3.8) is 0 Å². The number of esters is 1. The van der Waals surface area contributed by atoms with Gasteiger partial charge in [0, 0.05) is 15.7 Å². The largest absolute Gasteiger partial charge is 0.463 e. The Balaban J connectivity index is 1.74. The number of halogens is 2. The second kappa shape index (κ2) is 12.9. The molecule has 1 amide bonds. The third-order valence-electron chi connectivity index (χ3n) is 6.01. The SMILES string of the molecule is CCOC(=O)C1=C(c2ccccc2)NC(SCC(=O)Nc2ccc(C)c(Cl)c2)=C(C#N)[C@H]1c1ccc(Cl)cc1. The molecule has 9 heteroatoms. The number of carbonyl (C=O) groups is 2. The number of amides is 1. The van der Waals surface area contributed by atoms with Crippen LogP contribution in [-0.2, 0) is 14.3 Å². The quantitative estimate of drug-likeness (QED) is 0.278. The third kappa shape index (κ3) is 6.66. The van der Waals surface area contributed by atoms with Crippen LogP contribution in [-0.4, -0.2) is 24.2 Å². The summed E-state index contributed by atoms with van der Waals surface area (Å²) >= 11 is 13.5. The van der Waals surface area contributed by atoms with E-state index in [1.807, 2.05) is 43.3 Å². The summed E-state index contributed by atoms with van der Waals surface area (Å²) in [7, 11) is 0. The predicted molar refractivity (Wildman–Crippen MR) is 157 cm³/mol. The first-order chi connectivity index (χ1) is 18.8. The molecule has 0 aromatic heterocycles. The number of rotatable bonds is 8. The molecule has 2 N–H and O–H groups in total. The standard InChI is InChI=1S/C30H25Cl2N3O3S/c1-3-38-30(37)27-26(19-10-12-21(31)13-11-19)23(16-33)29(35-28(27)20-7-5-4-6-8-20)39-17-25(36)34-22-14-9-18(2)24(32)15-22/h4-15,26,35H,3,17H2,1-2H3,(H,34,36)/t26-/m1/s1. The Hall–Kier alpha value is -3.70. The summed E-state index contributed by atoms with van der Waals surface area (Å²) in [5, 5.41) is 18.0. The van der Waals surface area contributed by atoms with E-state index < -0.39 is 11.9 Å². The van der Waals surface area contributed by atoms with Gasteiger partial charge in [-0.1, -0.05) is 83.5 Å². The first-order valence-electron chi connectivity index (χ1n) is 12.1. The lowest BCUT2D eigenvalue weighted by Gasteiger charge is -2.30. The molecule has 1 aliphatic rings. The second-order valence-electron chi connectivity index (χ2n) is 8.64. The molecule has 0 saturated carbocycles. The Kier molecular flexibility index (Phi) is 9.36. The van der Waals surface area contributed by atoms with Crippen LogP contribution in [0.25, 0.3) is 5.70 Å². The van der Waals surface area contributed by atoms with Gasteiger partial charge in [0.25, 0.3) is 0 Å². The van der Waals surface area contributed by atoms with Gasteiger partial charge >= 0.3 is 5.97 Å². The minimum atomic E-state index is -0.732. The number of nitrogens with one attached hydrogen (secondary N) is 2. The zero-order valence-corrected chi connectivity index (χ0v) is 23.6. The van der Waals surface area contributed by atoms with Gasteiger partial charge in [0.1, 0.15) is 0 Å². The van der Waals surface area contributed by atoms with Crippen molar-refractivity contribution in [3.8, 4) is 6.07 Å².